The first-order valence-corrected chi connectivity index (χ1v) is 8.33. The Bertz CT molecular complexity index is 902. The van der Waals surface area contributed by atoms with Crippen LogP contribution < -0.4 is 9.64 Å². The lowest BCUT2D eigenvalue weighted by molar-refractivity contribution is -0.384. The number of nitrogens with zero attached hydrogens (tertiary/aromatic N) is 2. The largest absolute Gasteiger partial charge is 0.489 e. The average Bonchev–Trinajstić information content (AvgIpc) is 2.80. The van der Waals surface area contributed by atoms with Gasteiger partial charge < -0.3 is 9.64 Å². The van der Waals surface area contributed by atoms with Crippen molar-refractivity contribution in [3.63, 3.8) is 0 Å². The van der Waals surface area contributed by atoms with Crippen molar-refractivity contribution in [2.45, 2.75) is 25.3 Å². The maximum absolute atomic E-state index is 11.1. The number of fused-ring (bicyclic) bond motifs is 2. The molecule has 2 heterocycles. The zero-order valence-corrected chi connectivity index (χ0v) is 14.5. The first-order chi connectivity index (χ1) is 11.9. The van der Waals surface area contributed by atoms with Crippen LogP contribution in [0.1, 0.15) is 25.0 Å². The minimum atomic E-state index is -0.371. The predicted molar refractivity (Wildman–Crippen MR) is 98.2 cm³/mol. The van der Waals surface area contributed by atoms with E-state index in [9.17, 15) is 10.1 Å². The molecular formula is C20H20N2O3. The number of para-hydroxylation sites is 1. The number of rotatable bonds is 2. The van der Waals surface area contributed by atoms with Crippen LogP contribution in [-0.2, 0) is 5.41 Å². The molecule has 4 rings (SSSR count). The van der Waals surface area contributed by atoms with E-state index in [1.165, 1.54) is 17.3 Å². The van der Waals surface area contributed by atoms with Crippen LogP contribution in [0.15, 0.2) is 48.0 Å². The molecule has 0 aromatic heterocycles. The van der Waals surface area contributed by atoms with E-state index in [2.05, 4.69) is 56.1 Å². The molecule has 2 aromatic carbocycles. The van der Waals surface area contributed by atoms with Gasteiger partial charge in [0.15, 0.2) is 0 Å². The number of anilines is 1. The number of benzene rings is 2. The van der Waals surface area contributed by atoms with E-state index in [1.807, 2.05) is 0 Å². The minimum Gasteiger partial charge on any atom is -0.489 e. The smallest absolute Gasteiger partial charge is 0.270 e. The summed E-state index contributed by atoms with van der Waals surface area (Å²) in [4.78, 5) is 13.0. The van der Waals surface area contributed by atoms with Crippen molar-refractivity contribution in [2.24, 2.45) is 0 Å². The van der Waals surface area contributed by atoms with Crippen molar-refractivity contribution in [1.29, 1.82) is 0 Å². The number of nitro benzene ring substituents is 1. The topological polar surface area (TPSA) is 55.6 Å². The van der Waals surface area contributed by atoms with Gasteiger partial charge in [-0.2, -0.15) is 0 Å². The molecule has 2 aliphatic rings. The van der Waals surface area contributed by atoms with E-state index in [4.69, 9.17) is 4.74 Å². The molecule has 2 aliphatic heterocycles. The van der Waals surface area contributed by atoms with Crippen LogP contribution in [0.4, 0.5) is 11.4 Å². The fraction of sp³-hybridized carbons (Fsp3) is 0.300. The minimum absolute atomic E-state index is 0.0707. The zero-order chi connectivity index (χ0) is 17.8. The molecule has 1 unspecified atom stereocenters. The Kier molecular flexibility index (Phi) is 3.35. The first-order valence-electron chi connectivity index (χ1n) is 8.33. The van der Waals surface area contributed by atoms with E-state index in [0.29, 0.717) is 12.4 Å². The van der Waals surface area contributed by atoms with E-state index >= 15 is 0 Å². The van der Waals surface area contributed by atoms with Gasteiger partial charge in [0.25, 0.3) is 5.69 Å². The summed E-state index contributed by atoms with van der Waals surface area (Å²) in [5.74, 6) is 0.699. The highest BCUT2D eigenvalue weighted by atomic mass is 16.6. The number of ether oxygens (including phenoxy) is 1. The predicted octanol–water partition coefficient (Wildman–Crippen LogP) is 4.17. The Morgan fingerprint density at radius 2 is 2.00 bits per heavy atom. The summed E-state index contributed by atoms with van der Waals surface area (Å²) >= 11 is 0. The standard InChI is InChI=1S/C20H20N2O3/c1-20(2)16-6-4-5-7-17(16)21(3)19(20)14-10-13-11-15(22(23)24)8-9-18(13)25-12-14/h4-11,19H,12H2,1-3H3. The van der Waals surface area contributed by atoms with Crippen molar-refractivity contribution in [3.8, 4) is 5.75 Å². The molecule has 5 nitrogen and oxygen atoms in total. The first kappa shape index (κ1) is 15.7. The monoisotopic (exact) mass is 336 g/mol. The molecule has 0 saturated heterocycles. The molecule has 0 amide bonds. The highest BCUT2D eigenvalue weighted by molar-refractivity contribution is 5.71. The molecule has 0 N–H and O–H groups in total. The molecule has 0 radical (unpaired) electrons. The molecule has 0 fully saturated rings. The summed E-state index contributed by atoms with van der Waals surface area (Å²) in [6, 6.07) is 13.3. The van der Waals surface area contributed by atoms with Crippen LogP contribution in [0, 0.1) is 10.1 Å². The Balaban J connectivity index is 1.78. The zero-order valence-electron chi connectivity index (χ0n) is 14.5. The third-order valence-electron chi connectivity index (χ3n) is 5.34. The fourth-order valence-corrected chi connectivity index (χ4v) is 4.26. The number of non-ortho nitro benzene ring substituents is 1. The van der Waals surface area contributed by atoms with Gasteiger partial charge in [0.2, 0.25) is 0 Å². The van der Waals surface area contributed by atoms with Gasteiger partial charge >= 0.3 is 0 Å². The molecule has 5 heteroatoms. The quantitative estimate of drug-likeness (QED) is 0.610. The number of likely N-dealkylation sites (N-methyl/N-ethyl adjacent to an activating group) is 1. The normalized spacial score (nSPS) is 20.4. The molecule has 0 aliphatic carbocycles. The van der Waals surface area contributed by atoms with Gasteiger partial charge in [-0.05, 0) is 29.3 Å². The maximum atomic E-state index is 11.1. The van der Waals surface area contributed by atoms with Crippen molar-refractivity contribution in [3.05, 3.63) is 69.3 Å². The van der Waals surface area contributed by atoms with E-state index in [-0.39, 0.29) is 22.1 Å². The maximum Gasteiger partial charge on any atom is 0.270 e. The Hall–Kier alpha value is -2.82. The van der Waals surface area contributed by atoms with Crippen LogP contribution in [0.5, 0.6) is 5.75 Å². The van der Waals surface area contributed by atoms with Crippen LogP contribution in [-0.4, -0.2) is 24.6 Å². The van der Waals surface area contributed by atoms with Crippen molar-refractivity contribution >= 4 is 17.5 Å². The molecule has 25 heavy (non-hydrogen) atoms. The molecule has 1 atom stereocenters. The van der Waals surface area contributed by atoms with E-state index < -0.39 is 0 Å². The van der Waals surface area contributed by atoms with Crippen LogP contribution in [0.3, 0.4) is 0 Å². The molecule has 128 valence electrons. The Morgan fingerprint density at radius 3 is 2.72 bits per heavy atom. The third-order valence-corrected chi connectivity index (χ3v) is 5.34. The fourth-order valence-electron chi connectivity index (χ4n) is 4.26. The van der Waals surface area contributed by atoms with Crippen LogP contribution in [0.2, 0.25) is 0 Å². The van der Waals surface area contributed by atoms with Gasteiger partial charge in [0.1, 0.15) is 12.4 Å². The van der Waals surface area contributed by atoms with E-state index in [0.717, 1.165) is 11.1 Å². The van der Waals surface area contributed by atoms with Gasteiger partial charge in [-0.1, -0.05) is 32.0 Å². The van der Waals surface area contributed by atoms with Crippen molar-refractivity contribution in [2.75, 3.05) is 18.6 Å². The van der Waals surface area contributed by atoms with Crippen molar-refractivity contribution < 1.29 is 9.66 Å². The summed E-state index contributed by atoms with van der Waals surface area (Å²) in [7, 11) is 2.10. The van der Waals surface area contributed by atoms with Gasteiger partial charge in [-0.3, -0.25) is 10.1 Å². The molecule has 0 spiro atoms. The molecule has 2 aromatic rings. The van der Waals surface area contributed by atoms with E-state index in [1.54, 1.807) is 12.1 Å². The van der Waals surface area contributed by atoms with Gasteiger partial charge in [0.05, 0.1) is 11.0 Å². The lowest BCUT2D eigenvalue weighted by atomic mass is 9.77. The van der Waals surface area contributed by atoms with Gasteiger partial charge in [-0.15, -0.1) is 0 Å². The summed E-state index contributed by atoms with van der Waals surface area (Å²) in [5, 5.41) is 11.1. The van der Waals surface area contributed by atoms with Crippen molar-refractivity contribution in [1.82, 2.24) is 0 Å². The molecule has 0 bridgehead atoms. The third kappa shape index (κ3) is 2.30. The summed E-state index contributed by atoms with van der Waals surface area (Å²) in [6.45, 7) is 4.98. The summed E-state index contributed by atoms with van der Waals surface area (Å²) < 4.78 is 5.91. The lowest BCUT2D eigenvalue weighted by Crippen LogP contribution is -2.42. The second-order valence-electron chi connectivity index (χ2n) is 7.24. The number of hydrogen-bond acceptors (Lipinski definition) is 4. The summed E-state index contributed by atoms with van der Waals surface area (Å²) in [5.41, 5.74) is 4.46. The van der Waals surface area contributed by atoms with Gasteiger partial charge in [0, 0.05) is 35.8 Å². The Labute approximate surface area is 146 Å². The SMILES string of the molecule is CN1c2ccccc2C(C)(C)C1C1=Cc2cc([N+](=O)[O-])ccc2OC1. The number of hydrogen-bond donors (Lipinski definition) is 0. The molecular weight excluding hydrogens is 316 g/mol. The Morgan fingerprint density at radius 1 is 1.24 bits per heavy atom. The van der Waals surface area contributed by atoms with Crippen LogP contribution in [0.25, 0.3) is 6.08 Å². The lowest BCUT2D eigenvalue weighted by Gasteiger charge is -2.35. The number of nitro groups is 1. The van der Waals surface area contributed by atoms with Crippen LogP contribution >= 0.6 is 0 Å². The summed E-state index contributed by atoms with van der Waals surface area (Å²) in [6.07, 6.45) is 2.06. The van der Waals surface area contributed by atoms with Gasteiger partial charge in [-0.25, -0.2) is 0 Å². The molecule has 0 saturated carbocycles. The highest BCUT2D eigenvalue weighted by Gasteiger charge is 2.45. The highest BCUT2D eigenvalue weighted by Crippen LogP contribution is 2.48. The average molecular weight is 336 g/mol. The second-order valence-corrected chi connectivity index (χ2v) is 7.24. The second kappa shape index (κ2) is 5.34.